The normalized spacial score (nSPS) is 24.9. The SMILES string of the molecule is CCC(=O)C(C(=O)CC)C1CCC(OC)CC1. The van der Waals surface area contributed by atoms with Crippen molar-refractivity contribution in [2.24, 2.45) is 11.8 Å². The zero-order valence-corrected chi connectivity index (χ0v) is 11.2. The fourth-order valence-electron chi connectivity index (χ4n) is 2.80. The molecular formula is C14H24O3. The molecule has 0 bridgehead atoms. The highest BCUT2D eigenvalue weighted by Crippen LogP contribution is 2.33. The van der Waals surface area contributed by atoms with E-state index in [0.29, 0.717) is 18.9 Å². The second kappa shape index (κ2) is 6.90. The first-order valence-corrected chi connectivity index (χ1v) is 6.72. The van der Waals surface area contributed by atoms with E-state index in [2.05, 4.69) is 0 Å². The molecule has 1 rings (SSSR count). The lowest BCUT2D eigenvalue weighted by molar-refractivity contribution is -0.135. The number of hydrogen-bond acceptors (Lipinski definition) is 3. The van der Waals surface area contributed by atoms with Crippen LogP contribution in [0.25, 0.3) is 0 Å². The van der Waals surface area contributed by atoms with E-state index in [1.165, 1.54) is 0 Å². The number of ketones is 2. The maximum Gasteiger partial charge on any atom is 0.143 e. The predicted octanol–water partition coefficient (Wildman–Crippen LogP) is 2.77. The summed E-state index contributed by atoms with van der Waals surface area (Å²) in [5.74, 6) is 0.152. The summed E-state index contributed by atoms with van der Waals surface area (Å²) in [7, 11) is 1.73. The van der Waals surface area contributed by atoms with Gasteiger partial charge in [-0.3, -0.25) is 9.59 Å². The fourth-order valence-corrected chi connectivity index (χ4v) is 2.80. The molecule has 98 valence electrons. The topological polar surface area (TPSA) is 43.4 Å². The molecule has 1 fully saturated rings. The Morgan fingerprint density at radius 2 is 1.53 bits per heavy atom. The maximum atomic E-state index is 11.9. The van der Waals surface area contributed by atoms with E-state index >= 15 is 0 Å². The first-order valence-electron chi connectivity index (χ1n) is 6.72. The summed E-state index contributed by atoms with van der Waals surface area (Å²) in [6.07, 6.45) is 5.11. The molecule has 0 aromatic carbocycles. The van der Waals surface area contributed by atoms with Gasteiger partial charge in [-0.1, -0.05) is 13.8 Å². The van der Waals surface area contributed by atoms with Crippen LogP contribution in [0.5, 0.6) is 0 Å². The first kappa shape index (κ1) is 14.4. The summed E-state index contributed by atoms with van der Waals surface area (Å²) in [4.78, 5) is 23.8. The third-order valence-electron chi connectivity index (χ3n) is 3.91. The molecule has 0 unspecified atom stereocenters. The van der Waals surface area contributed by atoms with Crippen molar-refractivity contribution in [3.63, 3.8) is 0 Å². The zero-order valence-electron chi connectivity index (χ0n) is 11.2. The number of rotatable bonds is 6. The van der Waals surface area contributed by atoms with Crippen LogP contribution in [0.15, 0.2) is 0 Å². The Labute approximate surface area is 104 Å². The number of hydrogen-bond donors (Lipinski definition) is 0. The Kier molecular flexibility index (Phi) is 5.83. The molecule has 3 heteroatoms. The summed E-state index contributed by atoms with van der Waals surface area (Å²) >= 11 is 0. The summed E-state index contributed by atoms with van der Waals surface area (Å²) < 4.78 is 5.32. The molecule has 0 aromatic heterocycles. The molecule has 0 saturated heterocycles. The molecular weight excluding hydrogens is 216 g/mol. The van der Waals surface area contributed by atoms with Crippen LogP contribution in [0, 0.1) is 11.8 Å². The van der Waals surface area contributed by atoms with Crippen molar-refractivity contribution in [3.05, 3.63) is 0 Å². The highest BCUT2D eigenvalue weighted by atomic mass is 16.5. The van der Waals surface area contributed by atoms with E-state index in [4.69, 9.17) is 4.74 Å². The molecule has 0 amide bonds. The van der Waals surface area contributed by atoms with Gasteiger partial charge in [-0.15, -0.1) is 0 Å². The molecule has 1 saturated carbocycles. The highest BCUT2D eigenvalue weighted by molar-refractivity contribution is 6.02. The Morgan fingerprint density at radius 1 is 1.06 bits per heavy atom. The van der Waals surface area contributed by atoms with Crippen molar-refractivity contribution in [2.45, 2.75) is 58.5 Å². The number of Topliss-reactive ketones (excluding diaryl/α,β-unsaturated/α-hetero) is 2. The van der Waals surface area contributed by atoms with Crippen molar-refractivity contribution in [1.29, 1.82) is 0 Å². The maximum absolute atomic E-state index is 11.9. The van der Waals surface area contributed by atoms with Crippen LogP contribution in [-0.2, 0) is 14.3 Å². The predicted molar refractivity (Wildman–Crippen MR) is 66.8 cm³/mol. The molecule has 0 N–H and O–H groups in total. The van der Waals surface area contributed by atoms with Crippen molar-refractivity contribution >= 4 is 11.6 Å². The smallest absolute Gasteiger partial charge is 0.143 e. The monoisotopic (exact) mass is 240 g/mol. The lowest BCUT2D eigenvalue weighted by atomic mass is 9.74. The molecule has 1 aliphatic rings. The van der Waals surface area contributed by atoms with Gasteiger partial charge in [0.15, 0.2) is 0 Å². The Morgan fingerprint density at radius 3 is 1.88 bits per heavy atom. The van der Waals surface area contributed by atoms with Crippen molar-refractivity contribution in [3.8, 4) is 0 Å². The summed E-state index contributed by atoms with van der Waals surface area (Å²) in [6.45, 7) is 3.69. The van der Waals surface area contributed by atoms with Gasteiger partial charge in [-0.2, -0.15) is 0 Å². The highest BCUT2D eigenvalue weighted by Gasteiger charge is 2.34. The lowest BCUT2D eigenvalue weighted by Crippen LogP contribution is -2.34. The Balaban J connectivity index is 2.65. The Bertz CT molecular complexity index is 249. The van der Waals surface area contributed by atoms with E-state index in [-0.39, 0.29) is 23.4 Å². The van der Waals surface area contributed by atoms with E-state index in [1.54, 1.807) is 7.11 Å². The van der Waals surface area contributed by atoms with Gasteiger partial charge in [0.05, 0.1) is 12.0 Å². The number of ether oxygens (including phenoxy) is 1. The molecule has 17 heavy (non-hydrogen) atoms. The van der Waals surface area contributed by atoms with Crippen LogP contribution in [0.2, 0.25) is 0 Å². The second-order valence-corrected chi connectivity index (χ2v) is 4.89. The molecule has 0 heterocycles. The van der Waals surface area contributed by atoms with Crippen molar-refractivity contribution in [2.75, 3.05) is 7.11 Å². The minimum absolute atomic E-state index is 0.123. The van der Waals surface area contributed by atoms with Crippen molar-refractivity contribution in [1.82, 2.24) is 0 Å². The minimum Gasteiger partial charge on any atom is -0.381 e. The second-order valence-electron chi connectivity index (χ2n) is 4.89. The van der Waals surface area contributed by atoms with Crippen LogP contribution in [-0.4, -0.2) is 24.8 Å². The van der Waals surface area contributed by atoms with Crippen LogP contribution >= 0.6 is 0 Å². The van der Waals surface area contributed by atoms with E-state index in [0.717, 1.165) is 25.7 Å². The largest absolute Gasteiger partial charge is 0.381 e. The number of carbonyl (C=O) groups is 2. The average Bonchev–Trinajstić information content (AvgIpc) is 2.39. The molecule has 1 aliphatic carbocycles. The molecule has 0 aromatic rings. The summed E-state index contributed by atoms with van der Waals surface area (Å²) in [5, 5.41) is 0. The fraction of sp³-hybridized carbons (Fsp3) is 0.857. The molecule has 0 spiro atoms. The van der Waals surface area contributed by atoms with Gasteiger partial charge in [0.25, 0.3) is 0 Å². The van der Waals surface area contributed by atoms with Gasteiger partial charge in [0.2, 0.25) is 0 Å². The van der Waals surface area contributed by atoms with Crippen molar-refractivity contribution < 1.29 is 14.3 Å². The molecule has 0 radical (unpaired) electrons. The average molecular weight is 240 g/mol. The standard InChI is InChI=1S/C14H24O3/c1-4-12(15)14(13(16)5-2)10-6-8-11(17-3)9-7-10/h10-11,14H,4-9H2,1-3H3. The van der Waals surface area contributed by atoms with Gasteiger partial charge in [0.1, 0.15) is 11.6 Å². The third-order valence-corrected chi connectivity index (χ3v) is 3.91. The minimum atomic E-state index is -0.345. The van der Waals surface area contributed by atoms with Gasteiger partial charge >= 0.3 is 0 Å². The number of methoxy groups -OCH3 is 1. The first-order chi connectivity index (χ1) is 8.13. The van der Waals surface area contributed by atoms with Crippen LogP contribution in [0.4, 0.5) is 0 Å². The van der Waals surface area contributed by atoms with Gasteiger partial charge < -0.3 is 4.74 Å². The summed E-state index contributed by atoms with van der Waals surface area (Å²) in [5.41, 5.74) is 0. The van der Waals surface area contributed by atoms with Crippen LogP contribution in [0.3, 0.4) is 0 Å². The zero-order chi connectivity index (χ0) is 12.8. The van der Waals surface area contributed by atoms with Gasteiger partial charge in [-0.25, -0.2) is 0 Å². The quantitative estimate of drug-likeness (QED) is 0.670. The van der Waals surface area contributed by atoms with Gasteiger partial charge in [0, 0.05) is 20.0 Å². The van der Waals surface area contributed by atoms with Crippen LogP contribution in [0.1, 0.15) is 52.4 Å². The molecule has 3 nitrogen and oxygen atoms in total. The van der Waals surface area contributed by atoms with Crippen LogP contribution < -0.4 is 0 Å². The number of carbonyl (C=O) groups excluding carboxylic acids is 2. The molecule has 0 atom stereocenters. The molecule has 0 aliphatic heterocycles. The van der Waals surface area contributed by atoms with Gasteiger partial charge in [-0.05, 0) is 31.6 Å². The van der Waals surface area contributed by atoms with E-state index in [1.807, 2.05) is 13.8 Å². The third kappa shape index (κ3) is 3.63. The van der Waals surface area contributed by atoms with E-state index < -0.39 is 0 Å². The lowest BCUT2D eigenvalue weighted by Gasteiger charge is -2.31. The summed E-state index contributed by atoms with van der Waals surface area (Å²) in [6, 6.07) is 0. The van der Waals surface area contributed by atoms with E-state index in [9.17, 15) is 9.59 Å². The Hall–Kier alpha value is -0.700.